The number of anilines is 2. The summed E-state index contributed by atoms with van der Waals surface area (Å²) in [5, 5.41) is 0. The van der Waals surface area contributed by atoms with Crippen molar-refractivity contribution in [3.63, 3.8) is 0 Å². The second-order valence-corrected chi connectivity index (χ2v) is 7.99. The number of pyridine rings is 1. The van der Waals surface area contributed by atoms with Gasteiger partial charge in [-0.1, -0.05) is 36.4 Å². The Morgan fingerprint density at radius 3 is 2.62 bits per heavy atom. The van der Waals surface area contributed by atoms with Crippen molar-refractivity contribution >= 4 is 11.6 Å². The average Bonchev–Trinajstić information content (AvgIpc) is 3.03. The number of hydrogen-bond acceptors (Lipinski definition) is 6. The van der Waals surface area contributed by atoms with Gasteiger partial charge in [0.25, 0.3) is 0 Å². The Balaban J connectivity index is 1.49. The predicted octanol–water partition coefficient (Wildman–Crippen LogP) is 4.42. The molecule has 2 aromatic carbocycles. The van der Waals surface area contributed by atoms with Crippen LogP contribution in [-0.4, -0.2) is 28.1 Å². The van der Waals surface area contributed by atoms with Gasteiger partial charge in [0, 0.05) is 41.5 Å². The first-order valence-electron chi connectivity index (χ1n) is 10.7. The highest BCUT2D eigenvalue weighted by Gasteiger charge is 2.21. The third-order valence-corrected chi connectivity index (χ3v) is 5.82. The first-order chi connectivity index (χ1) is 15.7. The van der Waals surface area contributed by atoms with E-state index in [0.717, 1.165) is 52.5 Å². The Hall–Kier alpha value is -3.93. The number of benzene rings is 2. The number of ether oxygens (including phenoxy) is 1. The monoisotopic (exact) mass is 423 g/mol. The molecule has 0 radical (unpaired) electrons. The molecule has 0 saturated heterocycles. The molecule has 0 atom stereocenters. The average molecular weight is 424 g/mol. The molecule has 0 fully saturated rings. The normalized spacial score (nSPS) is 13.2. The summed E-state index contributed by atoms with van der Waals surface area (Å²) in [4.78, 5) is 15.7. The lowest BCUT2D eigenvalue weighted by Gasteiger charge is -2.24. The van der Waals surface area contributed by atoms with Crippen molar-refractivity contribution in [2.45, 2.75) is 19.9 Å². The van der Waals surface area contributed by atoms with E-state index in [0.29, 0.717) is 19.0 Å². The smallest absolute Gasteiger partial charge is 0.136 e. The molecule has 2 aromatic heterocycles. The van der Waals surface area contributed by atoms with Crippen LogP contribution in [0.1, 0.15) is 22.4 Å². The fraction of sp³-hybridized carbons (Fsp3) is 0.192. The van der Waals surface area contributed by atoms with E-state index in [4.69, 9.17) is 15.5 Å². The van der Waals surface area contributed by atoms with Crippen molar-refractivity contribution in [3.8, 4) is 16.9 Å². The van der Waals surface area contributed by atoms with Crippen molar-refractivity contribution in [2.24, 2.45) is 0 Å². The molecule has 6 nitrogen and oxygen atoms in total. The molecule has 0 unspecified atom stereocenters. The zero-order valence-electron chi connectivity index (χ0n) is 18.0. The maximum Gasteiger partial charge on any atom is 0.136 e. The van der Waals surface area contributed by atoms with Crippen LogP contribution in [0.25, 0.3) is 11.1 Å². The third-order valence-electron chi connectivity index (χ3n) is 5.82. The van der Waals surface area contributed by atoms with E-state index >= 15 is 0 Å². The maximum atomic E-state index is 6.08. The van der Waals surface area contributed by atoms with E-state index in [1.807, 2.05) is 24.3 Å². The standard InChI is InChI=1S/C26H25N5O/c1-18-23(13-19-5-3-2-4-6-19)26(30-17-29-18)31-11-12-32-24-9-7-20(14-22(24)16-31)21-8-10-25(27)28-15-21/h2-10,14-15,17H,11-13,16H2,1H3,(H2,27,28). The summed E-state index contributed by atoms with van der Waals surface area (Å²) in [5.41, 5.74) is 12.4. The van der Waals surface area contributed by atoms with Gasteiger partial charge < -0.3 is 15.4 Å². The quantitative estimate of drug-likeness (QED) is 0.524. The number of aryl methyl sites for hydroxylation is 1. The largest absolute Gasteiger partial charge is 0.491 e. The lowest BCUT2D eigenvalue weighted by molar-refractivity contribution is 0.331. The molecule has 0 saturated carbocycles. The highest BCUT2D eigenvalue weighted by Crippen LogP contribution is 2.32. The zero-order valence-corrected chi connectivity index (χ0v) is 18.0. The number of nitrogens with two attached hydrogens (primary N) is 1. The summed E-state index contributed by atoms with van der Waals surface area (Å²) in [6.07, 6.45) is 4.25. The number of nitrogens with zero attached hydrogens (tertiary/aromatic N) is 4. The zero-order chi connectivity index (χ0) is 21.9. The molecule has 4 aromatic rings. The number of fused-ring (bicyclic) bond motifs is 1. The van der Waals surface area contributed by atoms with E-state index < -0.39 is 0 Å². The molecule has 0 amide bonds. The fourth-order valence-electron chi connectivity index (χ4n) is 4.10. The Labute approximate surface area is 187 Å². The van der Waals surface area contributed by atoms with Crippen LogP contribution in [0.4, 0.5) is 11.6 Å². The predicted molar refractivity (Wildman–Crippen MR) is 127 cm³/mol. The molecule has 0 bridgehead atoms. The SMILES string of the molecule is Cc1ncnc(N2CCOc3ccc(-c4ccc(N)nc4)cc3C2)c1Cc1ccccc1. The third kappa shape index (κ3) is 4.12. The van der Waals surface area contributed by atoms with Gasteiger partial charge in [-0.05, 0) is 42.3 Å². The van der Waals surface area contributed by atoms with Crippen LogP contribution < -0.4 is 15.4 Å². The van der Waals surface area contributed by atoms with Crippen LogP contribution in [0.15, 0.2) is 73.2 Å². The topological polar surface area (TPSA) is 77.2 Å². The summed E-state index contributed by atoms with van der Waals surface area (Å²) < 4.78 is 6.08. The molecular weight excluding hydrogens is 398 g/mol. The second-order valence-electron chi connectivity index (χ2n) is 7.99. The summed E-state index contributed by atoms with van der Waals surface area (Å²) in [6.45, 7) is 4.12. The molecule has 0 aliphatic carbocycles. The van der Waals surface area contributed by atoms with Crippen LogP contribution in [-0.2, 0) is 13.0 Å². The summed E-state index contributed by atoms with van der Waals surface area (Å²) in [7, 11) is 0. The molecule has 2 N–H and O–H groups in total. The van der Waals surface area contributed by atoms with Gasteiger partial charge in [0.2, 0.25) is 0 Å². The van der Waals surface area contributed by atoms with E-state index in [1.54, 1.807) is 12.5 Å². The first-order valence-corrected chi connectivity index (χ1v) is 10.7. The molecule has 6 heteroatoms. The molecule has 1 aliphatic heterocycles. The van der Waals surface area contributed by atoms with Crippen molar-refractivity contribution in [1.29, 1.82) is 0 Å². The Morgan fingerprint density at radius 2 is 1.81 bits per heavy atom. The Morgan fingerprint density at radius 1 is 0.969 bits per heavy atom. The van der Waals surface area contributed by atoms with Crippen molar-refractivity contribution in [3.05, 3.63) is 95.6 Å². The molecule has 1 aliphatic rings. The number of rotatable bonds is 4. The minimum absolute atomic E-state index is 0.517. The maximum absolute atomic E-state index is 6.08. The lowest BCUT2D eigenvalue weighted by atomic mass is 10.0. The molecule has 5 rings (SSSR count). The van der Waals surface area contributed by atoms with E-state index in [-0.39, 0.29) is 0 Å². The van der Waals surface area contributed by atoms with Gasteiger partial charge in [-0.2, -0.15) is 0 Å². The molecular formula is C26H25N5O. The summed E-state index contributed by atoms with van der Waals surface area (Å²) in [5.74, 6) is 2.40. The van der Waals surface area contributed by atoms with Gasteiger partial charge in [0.1, 0.15) is 30.3 Å². The second kappa shape index (κ2) is 8.67. The van der Waals surface area contributed by atoms with E-state index in [1.165, 1.54) is 5.56 Å². The summed E-state index contributed by atoms with van der Waals surface area (Å²) in [6, 6.07) is 20.6. The van der Waals surface area contributed by atoms with Crippen LogP contribution in [0, 0.1) is 6.92 Å². The van der Waals surface area contributed by atoms with Crippen LogP contribution in [0.3, 0.4) is 0 Å². The fourth-order valence-corrected chi connectivity index (χ4v) is 4.10. The van der Waals surface area contributed by atoms with Crippen LogP contribution in [0.5, 0.6) is 5.75 Å². The van der Waals surface area contributed by atoms with Crippen molar-refractivity contribution in [2.75, 3.05) is 23.8 Å². The minimum Gasteiger partial charge on any atom is -0.491 e. The number of hydrogen-bond donors (Lipinski definition) is 1. The number of aromatic nitrogens is 3. The first kappa shape index (κ1) is 20.0. The minimum atomic E-state index is 0.517. The van der Waals surface area contributed by atoms with Gasteiger partial charge in [0.05, 0.1) is 6.54 Å². The highest BCUT2D eigenvalue weighted by atomic mass is 16.5. The molecule has 0 spiro atoms. The molecule has 160 valence electrons. The van der Waals surface area contributed by atoms with Gasteiger partial charge in [-0.15, -0.1) is 0 Å². The Bertz CT molecular complexity index is 1220. The van der Waals surface area contributed by atoms with E-state index in [9.17, 15) is 0 Å². The van der Waals surface area contributed by atoms with Crippen LogP contribution in [0.2, 0.25) is 0 Å². The van der Waals surface area contributed by atoms with Crippen molar-refractivity contribution in [1.82, 2.24) is 15.0 Å². The van der Waals surface area contributed by atoms with Gasteiger partial charge in [-0.3, -0.25) is 0 Å². The highest BCUT2D eigenvalue weighted by molar-refractivity contribution is 5.66. The lowest BCUT2D eigenvalue weighted by Crippen LogP contribution is -2.28. The van der Waals surface area contributed by atoms with Gasteiger partial charge >= 0.3 is 0 Å². The van der Waals surface area contributed by atoms with Crippen molar-refractivity contribution < 1.29 is 4.74 Å². The van der Waals surface area contributed by atoms with Crippen LogP contribution >= 0.6 is 0 Å². The number of nitrogen functional groups attached to an aromatic ring is 1. The Kier molecular flexibility index (Phi) is 5.42. The molecule has 3 heterocycles. The molecule has 32 heavy (non-hydrogen) atoms. The van der Waals surface area contributed by atoms with Gasteiger partial charge in [-0.25, -0.2) is 15.0 Å². The summed E-state index contributed by atoms with van der Waals surface area (Å²) >= 11 is 0. The van der Waals surface area contributed by atoms with E-state index in [2.05, 4.69) is 58.2 Å². The van der Waals surface area contributed by atoms with Gasteiger partial charge in [0.15, 0.2) is 0 Å².